The van der Waals surface area contributed by atoms with Crippen LogP contribution in [-0.4, -0.2) is 19.6 Å². The highest BCUT2D eigenvalue weighted by Crippen LogP contribution is 2.17. The molecule has 1 aliphatic rings. The van der Waals surface area contributed by atoms with Gasteiger partial charge in [-0.05, 0) is 43.9 Å². The zero-order valence-corrected chi connectivity index (χ0v) is 10.6. The zero-order chi connectivity index (χ0) is 12.8. The minimum absolute atomic E-state index is 0.259. The fourth-order valence-corrected chi connectivity index (χ4v) is 2.12. The number of rotatable bonds is 5. The molecule has 0 aromatic carbocycles. The van der Waals surface area contributed by atoms with Crippen LogP contribution < -0.4 is 5.32 Å². The van der Waals surface area contributed by atoms with Gasteiger partial charge in [0.1, 0.15) is 5.76 Å². The third kappa shape index (κ3) is 3.47. The molecule has 0 amide bonds. The molecular weight excluding hydrogens is 230 g/mol. The molecule has 4 heteroatoms. The average Bonchev–Trinajstić information content (AvgIpc) is 2.88. The molecule has 0 spiro atoms. The van der Waals surface area contributed by atoms with Gasteiger partial charge in [0.25, 0.3) is 0 Å². The van der Waals surface area contributed by atoms with E-state index in [2.05, 4.69) is 22.2 Å². The van der Waals surface area contributed by atoms with E-state index in [-0.39, 0.29) is 5.76 Å². The Morgan fingerprint density at radius 1 is 1.50 bits per heavy atom. The Balaban J connectivity index is 1.74. The van der Waals surface area contributed by atoms with Crippen molar-refractivity contribution >= 4 is 5.97 Å². The van der Waals surface area contributed by atoms with E-state index in [0.29, 0.717) is 12.5 Å². The predicted molar refractivity (Wildman–Crippen MR) is 68.2 cm³/mol. The Labute approximate surface area is 107 Å². The fraction of sp³-hybridized carbons (Fsp3) is 0.500. The third-order valence-electron chi connectivity index (χ3n) is 3.16. The van der Waals surface area contributed by atoms with Crippen molar-refractivity contribution in [2.24, 2.45) is 5.92 Å². The Hall–Kier alpha value is -1.55. The summed E-state index contributed by atoms with van der Waals surface area (Å²) in [6.45, 7) is 1.63. The number of carbonyl (C=O) groups is 1. The summed E-state index contributed by atoms with van der Waals surface area (Å²) in [7, 11) is 1.35. The van der Waals surface area contributed by atoms with Crippen LogP contribution in [0.15, 0.2) is 28.7 Å². The number of esters is 1. The maximum absolute atomic E-state index is 11.2. The van der Waals surface area contributed by atoms with Gasteiger partial charge in [0.05, 0.1) is 13.7 Å². The summed E-state index contributed by atoms with van der Waals surface area (Å²) in [5.41, 5.74) is 0. The SMILES string of the molecule is COC(=O)c1ccc(CNCC2CC=CCC2)o1. The molecule has 1 N–H and O–H groups in total. The van der Waals surface area contributed by atoms with Crippen LogP contribution in [0.5, 0.6) is 0 Å². The summed E-state index contributed by atoms with van der Waals surface area (Å²) in [6.07, 6.45) is 8.07. The first kappa shape index (κ1) is 12.9. The Kier molecular flexibility index (Phi) is 4.59. The number of hydrogen-bond acceptors (Lipinski definition) is 4. The molecule has 1 atom stereocenters. The maximum atomic E-state index is 11.2. The van der Waals surface area contributed by atoms with Crippen LogP contribution in [0.4, 0.5) is 0 Å². The zero-order valence-electron chi connectivity index (χ0n) is 10.6. The number of carbonyl (C=O) groups excluding carboxylic acids is 1. The van der Waals surface area contributed by atoms with Gasteiger partial charge in [-0.3, -0.25) is 0 Å². The van der Waals surface area contributed by atoms with Crippen molar-refractivity contribution in [3.8, 4) is 0 Å². The van der Waals surface area contributed by atoms with E-state index in [1.54, 1.807) is 12.1 Å². The van der Waals surface area contributed by atoms with Gasteiger partial charge >= 0.3 is 5.97 Å². The van der Waals surface area contributed by atoms with E-state index >= 15 is 0 Å². The Morgan fingerprint density at radius 3 is 3.11 bits per heavy atom. The number of hydrogen-bond donors (Lipinski definition) is 1. The van der Waals surface area contributed by atoms with Crippen LogP contribution in [0.25, 0.3) is 0 Å². The second kappa shape index (κ2) is 6.40. The molecule has 0 saturated carbocycles. The third-order valence-corrected chi connectivity index (χ3v) is 3.16. The van der Waals surface area contributed by atoms with E-state index < -0.39 is 5.97 Å². The summed E-state index contributed by atoms with van der Waals surface area (Å²) in [4.78, 5) is 11.2. The molecule has 98 valence electrons. The first-order chi connectivity index (χ1) is 8.79. The Morgan fingerprint density at radius 2 is 2.39 bits per heavy atom. The normalized spacial score (nSPS) is 18.8. The van der Waals surface area contributed by atoms with Gasteiger partial charge in [0.2, 0.25) is 5.76 Å². The number of allylic oxidation sites excluding steroid dienone is 2. The van der Waals surface area contributed by atoms with Gasteiger partial charge in [-0.15, -0.1) is 0 Å². The summed E-state index contributed by atoms with van der Waals surface area (Å²) < 4.78 is 9.96. The monoisotopic (exact) mass is 249 g/mol. The van der Waals surface area contributed by atoms with E-state index in [1.165, 1.54) is 20.0 Å². The number of nitrogens with one attached hydrogen (secondary N) is 1. The molecular formula is C14H19NO3. The van der Waals surface area contributed by atoms with Gasteiger partial charge in [-0.1, -0.05) is 12.2 Å². The molecule has 1 aromatic rings. The van der Waals surface area contributed by atoms with Crippen molar-refractivity contribution in [2.45, 2.75) is 25.8 Å². The van der Waals surface area contributed by atoms with Gasteiger partial charge < -0.3 is 14.5 Å². The minimum atomic E-state index is -0.432. The molecule has 1 aromatic heterocycles. The minimum Gasteiger partial charge on any atom is -0.463 e. The van der Waals surface area contributed by atoms with Gasteiger partial charge in [0, 0.05) is 0 Å². The molecule has 1 unspecified atom stereocenters. The Bertz CT molecular complexity index is 422. The molecule has 0 fully saturated rings. The van der Waals surface area contributed by atoms with Crippen LogP contribution in [0.1, 0.15) is 35.6 Å². The first-order valence-corrected chi connectivity index (χ1v) is 6.32. The van der Waals surface area contributed by atoms with Crippen LogP contribution in [0, 0.1) is 5.92 Å². The van der Waals surface area contributed by atoms with Crippen molar-refractivity contribution < 1.29 is 13.9 Å². The average molecular weight is 249 g/mol. The number of ether oxygens (including phenoxy) is 1. The van der Waals surface area contributed by atoms with Crippen LogP contribution >= 0.6 is 0 Å². The molecule has 1 aliphatic carbocycles. The molecule has 0 aliphatic heterocycles. The lowest BCUT2D eigenvalue weighted by Crippen LogP contribution is -2.22. The molecule has 1 heterocycles. The van der Waals surface area contributed by atoms with Crippen LogP contribution in [0.2, 0.25) is 0 Å². The van der Waals surface area contributed by atoms with E-state index in [0.717, 1.165) is 18.7 Å². The fourth-order valence-electron chi connectivity index (χ4n) is 2.12. The standard InChI is InChI=1S/C14H19NO3/c1-17-14(16)13-8-7-12(18-13)10-15-9-11-5-3-2-4-6-11/h2-3,7-8,11,15H,4-6,9-10H2,1H3. The largest absolute Gasteiger partial charge is 0.463 e. The molecule has 18 heavy (non-hydrogen) atoms. The van der Waals surface area contributed by atoms with Crippen molar-refractivity contribution in [1.82, 2.24) is 5.32 Å². The topological polar surface area (TPSA) is 51.5 Å². The first-order valence-electron chi connectivity index (χ1n) is 6.32. The second-order valence-corrected chi connectivity index (χ2v) is 4.54. The summed E-state index contributed by atoms with van der Waals surface area (Å²) >= 11 is 0. The molecule has 2 rings (SSSR count). The van der Waals surface area contributed by atoms with Crippen molar-refractivity contribution in [2.75, 3.05) is 13.7 Å². The smallest absolute Gasteiger partial charge is 0.373 e. The number of furan rings is 1. The quantitative estimate of drug-likeness (QED) is 0.643. The van der Waals surface area contributed by atoms with E-state index in [1.807, 2.05) is 0 Å². The van der Waals surface area contributed by atoms with Crippen LogP contribution in [-0.2, 0) is 11.3 Å². The highest BCUT2D eigenvalue weighted by atomic mass is 16.5. The predicted octanol–water partition coefficient (Wildman–Crippen LogP) is 2.51. The van der Waals surface area contributed by atoms with Gasteiger partial charge in [0.15, 0.2) is 0 Å². The second-order valence-electron chi connectivity index (χ2n) is 4.54. The van der Waals surface area contributed by atoms with Crippen molar-refractivity contribution in [3.05, 3.63) is 35.8 Å². The van der Waals surface area contributed by atoms with Gasteiger partial charge in [-0.2, -0.15) is 0 Å². The lowest BCUT2D eigenvalue weighted by molar-refractivity contribution is 0.0563. The highest BCUT2D eigenvalue weighted by molar-refractivity contribution is 5.86. The molecule has 0 radical (unpaired) electrons. The highest BCUT2D eigenvalue weighted by Gasteiger charge is 2.12. The molecule has 4 nitrogen and oxygen atoms in total. The molecule has 0 bridgehead atoms. The van der Waals surface area contributed by atoms with E-state index in [4.69, 9.17) is 4.42 Å². The lowest BCUT2D eigenvalue weighted by atomic mass is 9.94. The van der Waals surface area contributed by atoms with E-state index in [9.17, 15) is 4.79 Å². The van der Waals surface area contributed by atoms with Crippen molar-refractivity contribution in [3.63, 3.8) is 0 Å². The summed E-state index contributed by atoms with van der Waals surface area (Å²) in [5.74, 6) is 1.31. The lowest BCUT2D eigenvalue weighted by Gasteiger charge is -2.17. The van der Waals surface area contributed by atoms with Gasteiger partial charge in [-0.25, -0.2) is 4.79 Å². The van der Waals surface area contributed by atoms with Crippen molar-refractivity contribution in [1.29, 1.82) is 0 Å². The van der Waals surface area contributed by atoms with Crippen LogP contribution in [0.3, 0.4) is 0 Å². The maximum Gasteiger partial charge on any atom is 0.373 e. The molecule has 0 saturated heterocycles. The number of methoxy groups -OCH3 is 1. The summed E-state index contributed by atoms with van der Waals surface area (Å²) in [6, 6.07) is 3.45. The summed E-state index contributed by atoms with van der Waals surface area (Å²) in [5, 5.41) is 3.36.